The van der Waals surface area contributed by atoms with Gasteiger partial charge in [0.05, 0.1) is 18.4 Å². The van der Waals surface area contributed by atoms with Crippen molar-refractivity contribution in [3.05, 3.63) is 28.8 Å². The second kappa shape index (κ2) is 6.27. The number of esters is 1. The summed E-state index contributed by atoms with van der Waals surface area (Å²) in [5.41, 5.74) is 0.975. The van der Waals surface area contributed by atoms with E-state index in [0.717, 1.165) is 0 Å². The molecule has 0 amide bonds. The van der Waals surface area contributed by atoms with Gasteiger partial charge in [-0.3, -0.25) is 0 Å². The molecule has 0 aromatic heterocycles. The van der Waals surface area contributed by atoms with E-state index in [1.54, 1.807) is 18.2 Å². The third-order valence-corrected chi connectivity index (χ3v) is 2.77. The van der Waals surface area contributed by atoms with Crippen LogP contribution in [0.2, 0.25) is 5.02 Å². The standard InChI is InChI=1S/C13H15ClN2O2/c1-8(2)12(13(17)18-3)16-11-5-4-10(14)6-9(11)7-15/h4-6,8,12,16H,1-3H3. The molecule has 0 saturated heterocycles. The molecular weight excluding hydrogens is 252 g/mol. The van der Waals surface area contributed by atoms with E-state index in [2.05, 4.69) is 5.32 Å². The molecule has 1 rings (SSSR count). The van der Waals surface area contributed by atoms with Crippen molar-refractivity contribution < 1.29 is 9.53 Å². The number of halogens is 1. The van der Waals surface area contributed by atoms with E-state index in [1.807, 2.05) is 19.9 Å². The molecule has 0 saturated carbocycles. The van der Waals surface area contributed by atoms with Gasteiger partial charge in [-0.1, -0.05) is 25.4 Å². The Kier molecular flexibility index (Phi) is 4.99. The van der Waals surface area contributed by atoms with Crippen LogP contribution in [0, 0.1) is 17.2 Å². The number of carbonyl (C=O) groups excluding carboxylic acids is 1. The molecule has 18 heavy (non-hydrogen) atoms. The molecule has 96 valence electrons. The van der Waals surface area contributed by atoms with Crippen LogP contribution in [0.1, 0.15) is 19.4 Å². The van der Waals surface area contributed by atoms with Crippen LogP contribution in [0.25, 0.3) is 0 Å². The van der Waals surface area contributed by atoms with Crippen LogP contribution in [0.5, 0.6) is 0 Å². The number of carbonyl (C=O) groups is 1. The van der Waals surface area contributed by atoms with E-state index < -0.39 is 6.04 Å². The monoisotopic (exact) mass is 266 g/mol. The zero-order chi connectivity index (χ0) is 13.7. The molecule has 0 radical (unpaired) electrons. The van der Waals surface area contributed by atoms with E-state index in [-0.39, 0.29) is 11.9 Å². The molecule has 0 heterocycles. The van der Waals surface area contributed by atoms with Gasteiger partial charge in [0.25, 0.3) is 0 Å². The Hall–Kier alpha value is -1.73. The highest BCUT2D eigenvalue weighted by Gasteiger charge is 2.23. The first-order valence-electron chi connectivity index (χ1n) is 5.53. The maximum Gasteiger partial charge on any atom is 0.328 e. The zero-order valence-electron chi connectivity index (χ0n) is 10.5. The lowest BCUT2D eigenvalue weighted by Gasteiger charge is -2.21. The summed E-state index contributed by atoms with van der Waals surface area (Å²) in [5, 5.41) is 12.5. The Balaban J connectivity index is 3.01. The Morgan fingerprint density at radius 1 is 1.50 bits per heavy atom. The van der Waals surface area contributed by atoms with Gasteiger partial charge in [0, 0.05) is 5.02 Å². The fourth-order valence-electron chi connectivity index (χ4n) is 1.53. The number of hydrogen-bond acceptors (Lipinski definition) is 4. The summed E-state index contributed by atoms with van der Waals surface area (Å²) in [6.45, 7) is 3.80. The highest BCUT2D eigenvalue weighted by molar-refractivity contribution is 6.30. The molecule has 1 aromatic carbocycles. The zero-order valence-corrected chi connectivity index (χ0v) is 11.3. The molecule has 0 spiro atoms. The highest BCUT2D eigenvalue weighted by Crippen LogP contribution is 2.22. The molecule has 1 N–H and O–H groups in total. The summed E-state index contributed by atoms with van der Waals surface area (Å²) in [6.07, 6.45) is 0. The van der Waals surface area contributed by atoms with Crippen molar-refractivity contribution in [1.29, 1.82) is 5.26 Å². The molecule has 0 aliphatic carbocycles. The van der Waals surface area contributed by atoms with Gasteiger partial charge in [-0.2, -0.15) is 5.26 Å². The normalized spacial score (nSPS) is 11.8. The van der Waals surface area contributed by atoms with Crippen LogP contribution < -0.4 is 5.32 Å². The largest absolute Gasteiger partial charge is 0.467 e. The van der Waals surface area contributed by atoms with Crippen molar-refractivity contribution >= 4 is 23.3 Å². The van der Waals surface area contributed by atoms with E-state index in [9.17, 15) is 4.79 Å². The SMILES string of the molecule is COC(=O)C(Nc1ccc(Cl)cc1C#N)C(C)C. The molecule has 5 heteroatoms. The Bertz CT molecular complexity index is 480. The van der Waals surface area contributed by atoms with Crippen molar-refractivity contribution in [3.63, 3.8) is 0 Å². The summed E-state index contributed by atoms with van der Waals surface area (Å²) in [4.78, 5) is 11.6. The first-order chi connectivity index (χ1) is 8.49. The van der Waals surface area contributed by atoms with Crippen molar-refractivity contribution in [2.75, 3.05) is 12.4 Å². The van der Waals surface area contributed by atoms with Crippen LogP contribution in [0.4, 0.5) is 5.69 Å². The van der Waals surface area contributed by atoms with Gasteiger partial charge in [0.15, 0.2) is 0 Å². The third kappa shape index (κ3) is 3.38. The van der Waals surface area contributed by atoms with Crippen LogP contribution in [-0.2, 0) is 9.53 Å². The number of nitriles is 1. The smallest absolute Gasteiger partial charge is 0.328 e. The molecule has 0 aliphatic rings. The fraction of sp³-hybridized carbons (Fsp3) is 0.385. The minimum atomic E-state index is -0.497. The van der Waals surface area contributed by atoms with Gasteiger partial charge in [0.2, 0.25) is 0 Å². The molecule has 0 bridgehead atoms. The predicted octanol–water partition coefficient (Wildman–Crippen LogP) is 2.82. The van der Waals surface area contributed by atoms with Crippen LogP contribution in [0.3, 0.4) is 0 Å². The summed E-state index contributed by atoms with van der Waals surface area (Å²) in [7, 11) is 1.34. The van der Waals surface area contributed by atoms with Gasteiger partial charge >= 0.3 is 5.97 Å². The first kappa shape index (κ1) is 14.3. The molecule has 0 aliphatic heterocycles. The number of nitrogens with zero attached hydrogens (tertiary/aromatic N) is 1. The van der Waals surface area contributed by atoms with E-state index in [0.29, 0.717) is 16.3 Å². The Morgan fingerprint density at radius 3 is 2.67 bits per heavy atom. The second-order valence-electron chi connectivity index (χ2n) is 4.19. The van der Waals surface area contributed by atoms with Gasteiger partial charge in [-0.05, 0) is 24.1 Å². The number of anilines is 1. The maximum atomic E-state index is 11.6. The summed E-state index contributed by atoms with van der Waals surface area (Å²) in [6, 6.07) is 6.44. The number of hydrogen-bond donors (Lipinski definition) is 1. The van der Waals surface area contributed by atoms with E-state index in [1.165, 1.54) is 7.11 Å². The summed E-state index contributed by atoms with van der Waals surface area (Å²) >= 11 is 5.81. The number of rotatable bonds is 4. The molecule has 1 atom stereocenters. The van der Waals surface area contributed by atoms with Crippen molar-refractivity contribution in [1.82, 2.24) is 0 Å². The third-order valence-electron chi connectivity index (χ3n) is 2.53. The van der Waals surface area contributed by atoms with Crippen molar-refractivity contribution in [2.45, 2.75) is 19.9 Å². The lowest BCUT2D eigenvalue weighted by Crippen LogP contribution is -2.35. The quantitative estimate of drug-likeness (QED) is 0.851. The maximum absolute atomic E-state index is 11.6. The van der Waals surface area contributed by atoms with Gasteiger partial charge < -0.3 is 10.1 Å². The van der Waals surface area contributed by atoms with Crippen molar-refractivity contribution in [2.24, 2.45) is 5.92 Å². The Morgan fingerprint density at radius 2 is 2.17 bits per heavy atom. The van der Waals surface area contributed by atoms with Gasteiger partial charge in [-0.25, -0.2) is 4.79 Å². The van der Waals surface area contributed by atoms with Crippen LogP contribution >= 0.6 is 11.6 Å². The van der Waals surface area contributed by atoms with Gasteiger partial charge in [0.1, 0.15) is 12.1 Å². The summed E-state index contributed by atoms with van der Waals surface area (Å²) < 4.78 is 4.73. The Labute approximate surface area is 112 Å². The van der Waals surface area contributed by atoms with E-state index in [4.69, 9.17) is 21.6 Å². The van der Waals surface area contributed by atoms with Gasteiger partial charge in [-0.15, -0.1) is 0 Å². The number of benzene rings is 1. The van der Waals surface area contributed by atoms with Crippen LogP contribution in [-0.4, -0.2) is 19.1 Å². The average Bonchev–Trinajstić information content (AvgIpc) is 2.35. The molecule has 1 unspecified atom stereocenters. The lowest BCUT2D eigenvalue weighted by molar-refractivity contribution is -0.142. The number of methoxy groups -OCH3 is 1. The van der Waals surface area contributed by atoms with Crippen LogP contribution in [0.15, 0.2) is 18.2 Å². The topological polar surface area (TPSA) is 62.1 Å². The highest BCUT2D eigenvalue weighted by atomic mass is 35.5. The van der Waals surface area contributed by atoms with E-state index >= 15 is 0 Å². The average molecular weight is 267 g/mol. The summed E-state index contributed by atoms with van der Waals surface area (Å²) in [5.74, 6) is -0.316. The molecule has 1 aromatic rings. The minimum absolute atomic E-state index is 0.0414. The predicted molar refractivity (Wildman–Crippen MR) is 70.4 cm³/mol. The lowest BCUT2D eigenvalue weighted by atomic mass is 10.0. The number of ether oxygens (including phenoxy) is 1. The fourth-order valence-corrected chi connectivity index (χ4v) is 1.70. The molecule has 0 fully saturated rings. The molecular formula is C13H15ClN2O2. The first-order valence-corrected chi connectivity index (χ1v) is 5.91. The van der Waals surface area contributed by atoms with Crippen molar-refractivity contribution in [3.8, 4) is 6.07 Å². The number of nitrogens with one attached hydrogen (secondary N) is 1. The minimum Gasteiger partial charge on any atom is -0.467 e. The molecule has 4 nitrogen and oxygen atoms in total. The second-order valence-corrected chi connectivity index (χ2v) is 4.63.